The Labute approximate surface area is 256 Å². The van der Waals surface area contributed by atoms with Crippen LogP contribution >= 0.6 is 31.2 Å². The fourth-order valence-electron chi connectivity index (χ4n) is 4.71. The van der Waals surface area contributed by atoms with Crippen LogP contribution < -0.4 is 4.52 Å². The molecule has 1 unspecified atom stereocenters. The molecule has 1 atom stereocenters. The van der Waals surface area contributed by atoms with Gasteiger partial charge < -0.3 is 9.26 Å². The van der Waals surface area contributed by atoms with E-state index in [1.165, 1.54) is 89.9 Å². The van der Waals surface area contributed by atoms with Crippen molar-refractivity contribution in [2.45, 2.75) is 149 Å². The third-order valence-electron chi connectivity index (χ3n) is 7.25. The van der Waals surface area contributed by atoms with E-state index in [4.69, 9.17) is 9.26 Å². The first-order valence-corrected chi connectivity index (χ1v) is 17.4. The van der Waals surface area contributed by atoms with Gasteiger partial charge in [0, 0.05) is 5.56 Å². The molecule has 0 aromatic heterocycles. The van der Waals surface area contributed by atoms with Crippen molar-refractivity contribution in [3.63, 3.8) is 0 Å². The predicted molar refractivity (Wildman–Crippen MR) is 169 cm³/mol. The number of carbonyl (C=O) groups excluding carboxylic acids is 1. The van der Waals surface area contributed by atoms with Gasteiger partial charge in [0.1, 0.15) is 5.75 Å². The highest BCUT2D eigenvalue weighted by Crippen LogP contribution is 2.47. The molecule has 0 fully saturated rings. The topological polar surface area (TPSA) is 54.0 Å². The zero-order valence-electron chi connectivity index (χ0n) is 25.4. The Bertz CT molecular complexity index is 818. The van der Waals surface area contributed by atoms with Crippen LogP contribution in [0.1, 0.15) is 154 Å². The van der Waals surface area contributed by atoms with Crippen LogP contribution in [-0.4, -0.2) is 12.6 Å². The van der Waals surface area contributed by atoms with E-state index in [1.807, 2.05) is 49.4 Å². The van der Waals surface area contributed by atoms with Crippen LogP contribution in [0.15, 0.2) is 12.1 Å². The molecule has 1 rings (SSSR count). The fraction of sp³-hybridized carbons (Fsp3) is 0.774. The highest BCUT2D eigenvalue weighted by Gasteiger charge is 2.29. The normalized spacial score (nSPS) is 12.6. The van der Waals surface area contributed by atoms with Gasteiger partial charge in [-0.3, -0.25) is 4.79 Å². The van der Waals surface area contributed by atoms with E-state index in [0.717, 1.165) is 18.4 Å². The number of hydrogen-bond donors (Lipinski definition) is 0. The summed E-state index contributed by atoms with van der Waals surface area (Å²) in [7, 11) is -2.80. The highest BCUT2D eigenvalue weighted by atomic mass is 127. The van der Waals surface area contributed by atoms with Gasteiger partial charge in [-0.15, -0.1) is 0 Å². The van der Waals surface area contributed by atoms with Gasteiger partial charge in [0.05, 0.1) is 16.1 Å². The summed E-state index contributed by atoms with van der Waals surface area (Å²) in [4.78, 5) is 12.7. The number of esters is 1. The number of ether oxygens (including phenoxy) is 1. The standard InChI is InChI=1S/C31H52F2IO5P/c1-6-7-8-9-10-11-12-13-14-15-16-17-18-19-20-21-22-36-30(35)25(2)26-23-27(31(3,4)5)29(28(34)24-26)37-40(38-32)39-33/h23-25H,6-22H2,1-5H3. The highest BCUT2D eigenvalue weighted by molar-refractivity contribution is 14.1. The fourth-order valence-corrected chi connectivity index (χ4v) is 6.07. The SMILES string of the molecule is CCCCCCCCCCCCCCCCCCOC(=O)C(C)c1cc(I)c(OP(OF)OF)c(C(C)(C)C)c1. The minimum Gasteiger partial charge on any atom is -0.465 e. The lowest BCUT2D eigenvalue weighted by atomic mass is 9.84. The van der Waals surface area contributed by atoms with E-state index < -0.39 is 19.9 Å². The summed E-state index contributed by atoms with van der Waals surface area (Å²) in [5.41, 5.74) is 1.02. The first-order chi connectivity index (χ1) is 19.1. The summed E-state index contributed by atoms with van der Waals surface area (Å²) in [5.74, 6) is -0.500. The van der Waals surface area contributed by atoms with Gasteiger partial charge in [-0.2, -0.15) is 0 Å². The second-order valence-electron chi connectivity index (χ2n) is 11.8. The number of hydrogen-bond acceptors (Lipinski definition) is 5. The maximum Gasteiger partial charge on any atom is 0.465 e. The van der Waals surface area contributed by atoms with E-state index in [0.29, 0.717) is 15.7 Å². The van der Waals surface area contributed by atoms with Crippen LogP contribution in [0.2, 0.25) is 0 Å². The molecule has 5 nitrogen and oxygen atoms in total. The summed E-state index contributed by atoms with van der Waals surface area (Å²) >= 11 is 2.02. The summed E-state index contributed by atoms with van der Waals surface area (Å²) in [6, 6.07) is 3.58. The largest absolute Gasteiger partial charge is 0.465 e. The zero-order chi connectivity index (χ0) is 29.8. The number of benzene rings is 1. The smallest absolute Gasteiger partial charge is 0.465 e. The lowest BCUT2D eigenvalue weighted by Crippen LogP contribution is -2.18. The Balaban J connectivity index is 2.29. The van der Waals surface area contributed by atoms with Crippen molar-refractivity contribution in [2.75, 3.05) is 6.61 Å². The molecular formula is C31H52F2IO5P. The summed E-state index contributed by atoms with van der Waals surface area (Å²) in [5, 5.41) is 0. The Morgan fingerprint density at radius 2 is 1.27 bits per heavy atom. The minimum atomic E-state index is -2.80. The molecule has 0 bridgehead atoms. The van der Waals surface area contributed by atoms with E-state index in [1.54, 1.807) is 13.0 Å². The first-order valence-electron chi connectivity index (χ1n) is 15.2. The van der Waals surface area contributed by atoms with E-state index in [9.17, 15) is 13.8 Å². The van der Waals surface area contributed by atoms with Gasteiger partial charge in [0.2, 0.25) is 0 Å². The average molecular weight is 701 g/mol. The van der Waals surface area contributed by atoms with Crippen molar-refractivity contribution in [3.05, 3.63) is 26.8 Å². The molecule has 0 radical (unpaired) electrons. The molecule has 0 spiro atoms. The molecule has 0 amide bonds. The molecule has 0 heterocycles. The average Bonchev–Trinajstić information content (AvgIpc) is 2.92. The van der Waals surface area contributed by atoms with Crippen LogP contribution in [-0.2, 0) is 24.4 Å². The quantitative estimate of drug-likeness (QED) is 0.0492. The molecule has 1 aromatic rings. The summed E-state index contributed by atoms with van der Waals surface area (Å²) in [6.07, 6.45) is 20.8. The Kier molecular flexibility index (Phi) is 20.6. The molecule has 232 valence electrons. The maximum absolute atomic E-state index is 12.7. The summed E-state index contributed by atoms with van der Waals surface area (Å²) in [6.45, 7) is 10.3. The lowest BCUT2D eigenvalue weighted by Gasteiger charge is -2.26. The maximum atomic E-state index is 12.7. The first kappa shape index (κ1) is 37.5. The molecule has 40 heavy (non-hydrogen) atoms. The van der Waals surface area contributed by atoms with Crippen molar-refractivity contribution in [2.24, 2.45) is 0 Å². The van der Waals surface area contributed by atoms with Crippen LogP contribution in [0.5, 0.6) is 5.75 Å². The van der Waals surface area contributed by atoms with Gasteiger partial charge in [0.15, 0.2) is 0 Å². The van der Waals surface area contributed by atoms with Crippen molar-refractivity contribution in [1.82, 2.24) is 0 Å². The van der Waals surface area contributed by atoms with Crippen molar-refractivity contribution >= 4 is 37.2 Å². The summed E-state index contributed by atoms with van der Waals surface area (Å²) < 4.78 is 43.4. The van der Waals surface area contributed by atoms with Crippen LogP contribution in [0.3, 0.4) is 0 Å². The minimum absolute atomic E-state index is 0.270. The number of carbonyl (C=O) groups is 1. The molecule has 1 aromatic carbocycles. The van der Waals surface area contributed by atoms with Gasteiger partial charge in [-0.05, 0) is 62.0 Å². The number of rotatable bonds is 23. The van der Waals surface area contributed by atoms with Crippen LogP contribution in [0.4, 0.5) is 9.05 Å². The predicted octanol–water partition coefficient (Wildman–Crippen LogP) is 11.9. The van der Waals surface area contributed by atoms with Gasteiger partial charge >= 0.3 is 14.6 Å². The van der Waals surface area contributed by atoms with E-state index >= 15 is 0 Å². The number of halogens is 3. The Morgan fingerprint density at radius 3 is 1.70 bits per heavy atom. The molecule has 9 heteroatoms. The second kappa shape index (κ2) is 22.0. The lowest BCUT2D eigenvalue weighted by molar-refractivity contribution is -0.145. The third-order valence-corrected chi connectivity index (χ3v) is 8.61. The van der Waals surface area contributed by atoms with Gasteiger partial charge in [-0.1, -0.05) is 140 Å². The van der Waals surface area contributed by atoms with Crippen LogP contribution in [0, 0.1) is 3.57 Å². The van der Waals surface area contributed by atoms with E-state index in [2.05, 4.69) is 16.4 Å². The number of unbranched alkanes of at least 4 members (excludes halogenated alkanes) is 15. The molecule has 0 aliphatic heterocycles. The van der Waals surface area contributed by atoms with Crippen LogP contribution in [0.25, 0.3) is 0 Å². The van der Waals surface area contributed by atoms with E-state index in [-0.39, 0.29) is 11.7 Å². The third kappa shape index (κ3) is 15.6. The van der Waals surface area contributed by atoms with Crippen molar-refractivity contribution in [1.29, 1.82) is 0 Å². The monoisotopic (exact) mass is 700 g/mol. The Hall–Kier alpha value is -0.570. The Morgan fingerprint density at radius 1 is 0.825 bits per heavy atom. The molecule has 0 aliphatic carbocycles. The van der Waals surface area contributed by atoms with Crippen molar-refractivity contribution < 1.29 is 32.6 Å². The molecular weight excluding hydrogens is 648 g/mol. The van der Waals surface area contributed by atoms with Gasteiger partial charge in [-0.25, -0.2) is 0 Å². The molecule has 0 aliphatic rings. The molecule has 0 saturated carbocycles. The van der Waals surface area contributed by atoms with Crippen molar-refractivity contribution in [3.8, 4) is 5.75 Å². The second-order valence-corrected chi connectivity index (χ2v) is 13.8. The van der Waals surface area contributed by atoms with Gasteiger partial charge in [0.25, 0.3) is 0 Å². The molecule has 0 saturated heterocycles. The zero-order valence-corrected chi connectivity index (χ0v) is 28.4. The molecule has 0 N–H and O–H groups in total.